The van der Waals surface area contributed by atoms with Gasteiger partial charge in [-0.2, -0.15) is 0 Å². The first-order chi connectivity index (χ1) is 8.39. The molecule has 0 aliphatic heterocycles. The third-order valence-corrected chi connectivity index (χ3v) is 3.79. The lowest BCUT2D eigenvalue weighted by Crippen LogP contribution is -2.19. The Kier molecular flexibility index (Phi) is 3.71. The zero-order valence-electron chi connectivity index (χ0n) is 10.6. The lowest BCUT2D eigenvalue weighted by Gasteiger charge is -2.19. The zero-order chi connectivity index (χ0) is 13.3. The van der Waals surface area contributed by atoms with Gasteiger partial charge in [0, 0.05) is 10.4 Å². The van der Waals surface area contributed by atoms with E-state index < -0.39 is 0 Å². The van der Waals surface area contributed by atoms with Crippen molar-refractivity contribution < 1.29 is 0 Å². The van der Waals surface area contributed by atoms with E-state index in [0.29, 0.717) is 5.02 Å². The van der Waals surface area contributed by atoms with Crippen molar-refractivity contribution in [3.8, 4) is 0 Å². The van der Waals surface area contributed by atoms with Crippen LogP contribution in [0.3, 0.4) is 0 Å². The molecule has 0 aliphatic rings. The van der Waals surface area contributed by atoms with Crippen LogP contribution in [0, 0.1) is 0 Å². The highest BCUT2D eigenvalue weighted by atomic mass is 35.5. The number of nitrogens with two attached hydrogens (primary N) is 1. The minimum atomic E-state index is -0.198. The van der Waals surface area contributed by atoms with Crippen LogP contribution in [0.4, 0.5) is 0 Å². The lowest BCUT2D eigenvalue weighted by atomic mass is 9.89. The van der Waals surface area contributed by atoms with Crippen LogP contribution in [0.2, 0.25) is 5.02 Å². The van der Waals surface area contributed by atoms with Gasteiger partial charge in [0.05, 0.1) is 16.6 Å². The number of benzene rings is 1. The summed E-state index contributed by atoms with van der Waals surface area (Å²) in [6, 6.07) is 7.39. The smallest absolute Gasteiger partial charge is 0.0860 e. The van der Waals surface area contributed by atoms with Crippen LogP contribution in [0.1, 0.15) is 42.9 Å². The Hall–Kier alpha value is -0.970. The summed E-state index contributed by atoms with van der Waals surface area (Å²) in [5, 5.41) is 4.93. The maximum atomic E-state index is 6.30. The molecule has 96 valence electrons. The zero-order valence-corrected chi connectivity index (χ0v) is 12.2. The second kappa shape index (κ2) is 4.96. The summed E-state index contributed by atoms with van der Waals surface area (Å²) in [6.45, 7) is 6.34. The van der Waals surface area contributed by atoms with Gasteiger partial charge in [-0.05, 0) is 29.2 Å². The van der Waals surface area contributed by atoms with E-state index in [1.54, 1.807) is 0 Å². The Morgan fingerprint density at radius 3 is 2.39 bits per heavy atom. The van der Waals surface area contributed by atoms with E-state index in [9.17, 15) is 0 Å². The largest absolute Gasteiger partial charge is 0.320 e. The van der Waals surface area contributed by atoms with Gasteiger partial charge in [-0.1, -0.05) is 49.0 Å². The predicted molar refractivity (Wildman–Crippen MR) is 76.1 cm³/mol. The number of nitrogens with zero attached hydrogens (tertiary/aromatic N) is 2. The van der Waals surface area contributed by atoms with E-state index in [-0.39, 0.29) is 11.5 Å². The first kappa shape index (κ1) is 13.5. The molecule has 0 radical (unpaired) electrons. The molecule has 1 aromatic carbocycles. The molecule has 0 saturated carbocycles. The Morgan fingerprint density at radius 1 is 1.22 bits per heavy atom. The maximum Gasteiger partial charge on any atom is 0.0860 e. The Balaban J connectivity index is 2.37. The molecule has 2 rings (SSSR count). The van der Waals surface area contributed by atoms with Crippen molar-refractivity contribution in [1.82, 2.24) is 9.59 Å². The van der Waals surface area contributed by atoms with E-state index in [0.717, 1.165) is 16.1 Å². The van der Waals surface area contributed by atoms with E-state index in [4.69, 9.17) is 17.3 Å². The minimum Gasteiger partial charge on any atom is -0.320 e. The third-order valence-electron chi connectivity index (χ3n) is 2.74. The molecule has 1 unspecified atom stereocenters. The molecule has 1 heterocycles. The fourth-order valence-electron chi connectivity index (χ4n) is 1.74. The van der Waals surface area contributed by atoms with Crippen LogP contribution in [-0.4, -0.2) is 9.59 Å². The van der Waals surface area contributed by atoms with Gasteiger partial charge in [0.15, 0.2) is 0 Å². The van der Waals surface area contributed by atoms with Gasteiger partial charge in [0.25, 0.3) is 0 Å². The number of hydrogen-bond acceptors (Lipinski definition) is 4. The van der Waals surface area contributed by atoms with Crippen molar-refractivity contribution in [1.29, 1.82) is 0 Å². The van der Waals surface area contributed by atoms with Crippen LogP contribution >= 0.6 is 23.1 Å². The van der Waals surface area contributed by atoms with Crippen molar-refractivity contribution in [2.75, 3.05) is 0 Å². The molecule has 5 heteroatoms. The van der Waals surface area contributed by atoms with Crippen molar-refractivity contribution >= 4 is 23.1 Å². The van der Waals surface area contributed by atoms with Crippen molar-refractivity contribution in [2.45, 2.75) is 32.2 Å². The first-order valence-electron chi connectivity index (χ1n) is 5.73. The van der Waals surface area contributed by atoms with Crippen LogP contribution in [0.5, 0.6) is 0 Å². The first-order valence-corrected chi connectivity index (χ1v) is 6.88. The predicted octanol–water partition coefficient (Wildman–Crippen LogP) is 3.54. The molecule has 0 bridgehead atoms. The summed E-state index contributed by atoms with van der Waals surface area (Å²) in [6.07, 6.45) is 0. The average molecular weight is 282 g/mol. The van der Waals surface area contributed by atoms with Gasteiger partial charge in [-0.25, -0.2) is 0 Å². The summed E-state index contributed by atoms with van der Waals surface area (Å²) in [5.41, 5.74) is 8.24. The van der Waals surface area contributed by atoms with Gasteiger partial charge in [0.1, 0.15) is 0 Å². The molecule has 0 fully saturated rings. The van der Waals surface area contributed by atoms with Gasteiger partial charge in [-0.15, -0.1) is 5.10 Å². The van der Waals surface area contributed by atoms with Crippen molar-refractivity contribution in [3.63, 3.8) is 0 Å². The van der Waals surface area contributed by atoms with Gasteiger partial charge in [0.2, 0.25) is 0 Å². The molecular weight excluding hydrogens is 266 g/mol. The summed E-state index contributed by atoms with van der Waals surface area (Å²) in [5.74, 6) is 0. The quantitative estimate of drug-likeness (QED) is 0.916. The highest BCUT2D eigenvalue weighted by Crippen LogP contribution is 2.32. The molecule has 3 nitrogen and oxygen atoms in total. The molecule has 1 atom stereocenters. The van der Waals surface area contributed by atoms with E-state index in [1.165, 1.54) is 11.5 Å². The van der Waals surface area contributed by atoms with E-state index >= 15 is 0 Å². The number of hydrogen-bond donors (Lipinski definition) is 1. The van der Waals surface area contributed by atoms with Gasteiger partial charge in [-0.3, -0.25) is 0 Å². The fraction of sp³-hybridized carbons (Fsp3) is 0.385. The summed E-state index contributed by atoms with van der Waals surface area (Å²) >= 11 is 7.25. The molecule has 18 heavy (non-hydrogen) atoms. The molecule has 0 spiro atoms. The van der Waals surface area contributed by atoms with E-state index in [1.807, 2.05) is 24.3 Å². The standard InChI is InChI=1S/C13H16ClN3S/c1-13(2,3)12-11(18-17-16-12)10(15)8-4-6-9(14)7-5-8/h4-7,10H,15H2,1-3H3. The van der Waals surface area contributed by atoms with Crippen LogP contribution in [-0.2, 0) is 5.41 Å². The molecule has 0 saturated heterocycles. The van der Waals surface area contributed by atoms with Gasteiger partial charge >= 0.3 is 0 Å². The fourth-order valence-corrected chi connectivity index (χ4v) is 2.76. The molecule has 0 amide bonds. The second-order valence-corrected chi connectivity index (χ2v) is 6.49. The summed E-state index contributed by atoms with van der Waals surface area (Å²) in [7, 11) is 0. The molecule has 2 aromatic rings. The third kappa shape index (κ3) is 2.71. The highest BCUT2D eigenvalue weighted by Gasteiger charge is 2.26. The Bertz CT molecular complexity index is 528. The van der Waals surface area contributed by atoms with Crippen molar-refractivity contribution in [3.05, 3.63) is 45.4 Å². The Morgan fingerprint density at radius 2 is 1.83 bits per heavy atom. The highest BCUT2D eigenvalue weighted by molar-refractivity contribution is 7.05. The topological polar surface area (TPSA) is 51.8 Å². The molecule has 0 aliphatic carbocycles. The molecule has 1 aromatic heterocycles. The summed E-state index contributed by atoms with van der Waals surface area (Å²) in [4.78, 5) is 1.02. The van der Waals surface area contributed by atoms with Crippen LogP contribution in [0.15, 0.2) is 24.3 Å². The second-order valence-electron chi connectivity index (χ2n) is 5.27. The molecular formula is C13H16ClN3S. The summed E-state index contributed by atoms with van der Waals surface area (Å²) < 4.78 is 4.04. The minimum absolute atomic E-state index is 0.0492. The Labute approximate surface area is 116 Å². The number of aromatic nitrogens is 2. The monoisotopic (exact) mass is 281 g/mol. The van der Waals surface area contributed by atoms with E-state index in [2.05, 4.69) is 30.4 Å². The molecule has 2 N–H and O–H groups in total. The average Bonchev–Trinajstić information content (AvgIpc) is 2.77. The lowest BCUT2D eigenvalue weighted by molar-refractivity contribution is 0.556. The van der Waals surface area contributed by atoms with Crippen LogP contribution in [0.25, 0.3) is 0 Å². The van der Waals surface area contributed by atoms with Crippen LogP contribution < -0.4 is 5.73 Å². The number of halogens is 1. The normalized spacial score (nSPS) is 13.6. The van der Waals surface area contributed by atoms with Crippen molar-refractivity contribution in [2.24, 2.45) is 5.73 Å². The van der Waals surface area contributed by atoms with Gasteiger partial charge < -0.3 is 5.73 Å². The SMILES string of the molecule is CC(C)(C)c1nnsc1C(N)c1ccc(Cl)cc1. The maximum absolute atomic E-state index is 6.30. The number of rotatable bonds is 2.